The highest BCUT2D eigenvalue weighted by molar-refractivity contribution is 14.1. The number of nitrogen functional groups attached to an aromatic ring is 1. The molecule has 3 N–H and O–H groups in total. The number of nitrogens with one attached hydrogen (secondary N) is 1. The van der Waals surface area contributed by atoms with Crippen LogP contribution in [0.4, 0.5) is 14.5 Å². The summed E-state index contributed by atoms with van der Waals surface area (Å²) in [4.78, 5) is 3.84. The van der Waals surface area contributed by atoms with Gasteiger partial charge < -0.3 is 5.43 Å². The number of anilines is 1. The summed E-state index contributed by atoms with van der Waals surface area (Å²) >= 11 is 8.07. The lowest BCUT2D eigenvalue weighted by atomic mass is 10.1. The Labute approximate surface area is 114 Å². The molecular weight excluding hydrogens is 362 g/mol. The largest absolute Gasteiger partial charge is 0.323 e. The van der Waals surface area contributed by atoms with Crippen LogP contribution in [0.5, 0.6) is 0 Å². The van der Waals surface area contributed by atoms with Gasteiger partial charge in [0.2, 0.25) is 0 Å². The van der Waals surface area contributed by atoms with E-state index in [-0.39, 0.29) is 5.69 Å². The highest BCUT2D eigenvalue weighted by atomic mass is 127. The Balaban J connectivity index is 2.82. The van der Waals surface area contributed by atoms with Crippen LogP contribution in [0.1, 0.15) is 12.1 Å². The lowest BCUT2D eigenvalue weighted by Gasteiger charge is -2.10. The second kappa shape index (κ2) is 4.87. The van der Waals surface area contributed by atoms with Crippen molar-refractivity contribution < 1.29 is 8.78 Å². The summed E-state index contributed by atoms with van der Waals surface area (Å²) in [7, 11) is 0. The SMILES string of the molecule is NNc1cc(C(F)F)nc2c(Cl)cc(I)cc12. The fourth-order valence-electron chi connectivity index (χ4n) is 1.50. The second-order valence-electron chi connectivity index (χ2n) is 3.32. The van der Waals surface area contributed by atoms with E-state index in [2.05, 4.69) is 33.0 Å². The molecule has 1 heterocycles. The van der Waals surface area contributed by atoms with Crippen molar-refractivity contribution in [3.8, 4) is 0 Å². The van der Waals surface area contributed by atoms with Crippen LogP contribution in [0.25, 0.3) is 10.9 Å². The monoisotopic (exact) mass is 369 g/mol. The van der Waals surface area contributed by atoms with Gasteiger partial charge in [-0.15, -0.1) is 0 Å². The van der Waals surface area contributed by atoms with E-state index < -0.39 is 6.43 Å². The van der Waals surface area contributed by atoms with E-state index >= 15 is 0 Å². The van der Waals surface area contributed by atoms with Gasteiger partial charge >= 0.3 is 0 Å². The van der Waals surface area contributed by atoms with E-state index in [1.807, 2.05) is 0 Å². The Hall–Kier alpha value is -0.730. The average molecular weight is 370 g/mol. The smallest absolute Gasteiger partial charge is 0.280 e. The number of nitrogens with zero attached hydrogens (tertiary/aromatic N) is 1. The zero-order valence-corrected chi connectivity index (χ0v) is 11.3. The van der Waals surface area contributed by atoms with Crippen molar-refractivity contribution in [2.75, 3.05) is 5.43 Å². The topological polar surface area (TPSA) is 50.9 Å². The molecule has 0 unspecified atom stereocenters. The van der Waals surface area contributed by atoms with Gasteiger partial charge in [-0.3, -0.25) is 5.84 Å². The van der Waals surface area contributed by atoms with Gasteiger partial charge in [-0.1, -0.05) is 11.6 Å². The fourth-order valence-corrected chi connectivity index (χ4v) is 2.57. The van der Waals surface area contributed by atoms with E-state index in [0.29, 0.717) is 21.6 Å². The molecule has 0 saturated heterocycles. The Bertz CT molecular complexity index is 577. The third-order valence-electron chi connectivity index (χ3n) is 2.23. The average Bonchev–Trinajstić information content (AvgIpc) is 2.27. The lowest BCUT2D eigenvalue weighted by molar-refractivity contribution is 0.146. The normalized spacial score (nSPS) is 11.2. The van der Waals surface area contributed by atoms with Crippen molar-refractivity contribution in [1.82, 2.24) is 4.98 Å². The predicted molar refractivity (Wildman–Crippen MR) is 72.2 cm³/mol. The van der Waals surface area contributed by atoms with Crippen LogP contribution < -0.4 is 11.3 Å². The lowest BCUT2D eigenvalue weighted by Crippen LogP contribution is -2.08. The van der Waals surface area contributed by atoms with Crippen molar-refractivity contribution >= 4 is 50.8 Å². The number of benzene rings is 1. The van der Waals surface area contributed by atoms with E-state index in [9.17, 15) is 8.78 Å². The summed E-state index contributed by atoms with van der Waals surface area (Å²) in [5.41, 5.74) is 2.73. The molecule has 0 fully saturated rings. The number of pyridine rings is 1. The van der Waals surface area contributed by atoms with E-state index in [1.54, 1.807) is 12.1 Å². The molecule has 0 radical (unpaired) electrons. The van der Waals surface area contributed by atoms with Gasteiger partial charge in [-0.2, -0.15) is 0 Å². The molecule has 2 rings (SSSR count). The standard InChI is InChI=1S/C10H7ClF2IN3/c11-6-2-4(14)1-5-7(17-15)3-8(10(12)13)16-9(5)6/h1-3,10H,15H2,(H,16,17). The Kier molecular flexibility index (Phi) is 3.64. The van der Waals surface area contributed by atoms with Crippen molar-refractivity contribution in [1.29, 1.82) is 0 Å². The van der Waals surface area contributed by atoms with Crippen molar-refractivity contribution in [2.24, 2.45) is 5.84 Å². The van der Waals surface area contributed by atoms with Crippen LogP contribution in [-0.4, -0.2) is 4.98 Å². The van der Waals surface area contributed by atoms with Gasteiger partial charge in [0, 0.05) is 8.96 Å². The zero-order valence-electron chi connectivity index (χ0n) is 8.35. The molecule has 0 aliphatic heterocycles. The maximum Gasteiger partial charge on any atom is 0.280 e. The molecule has 2 aromatic rings. The van der Waals surface area contributed by atoms with Crippen LogP contribution >= 0.6 is 34.2 Å². The molecule has 1 aromatic heterocycles. The number of hydrazine groups is 1. The molecule has 0 saturated carbocycles. The van der Waals surface area contributed by atoms with Crippen LogP contribution in [0.3, 0.4) is 0 Å². The summed E-state index contributed by atoms with van der Waals surface area (Å²) in [6, 6.07) is 4.66. The zero-order chi connectivity index (χ0) is 12.6. The molecule has 0 spiro atoms. The Morgan fingerprint density at radius 1 is 1.35 bits per heavy atom. The Morgan fingerprint density at radius 2 is 2.06 bits per heavy atom. The number of hydrogen-bond acceptors (Lipinski definition) is 3. The minimum Gasteiger partial charge on any atom is -0.323 e. The Morgan fingerprint density at radius 3 is 2.65 bits per heavy atom. The van der Waals surface area contributed by atoms with Crippen LogP contribution in [0.2, 0.25) is 5.02 Å². The molecule has 0 atom stereocenters. The molecular formula is C10H7ClF2IN3. The highest BCUT2D eigenvalue weighted by Crippen LogP contribution is 2.32. The number of nitrogens with two attached hydrogens (primary N) is 1. The highest BCUT2D eigenvalue weighted by Gasteiger charge is 2.15. The minimum atomic E-state index is -2.66. The van der Waals surface area contributed by atoms with Gasteiger partial charge in [0.1, 0.15) is 5.69 Å². The van der Waals surface area contributed by atoms with Gasteiger partial charge in [0.25, 0.3) is 6.43 Å². The quantitative estimate of drug-likeness (QED) is 0.482. The van der Waals surface area contributed by atoms with Gasteiger partial charge in [0.15, 0.2) is 0 Å². The first-order valence-corrected chi connectivity index (χ1v) is 6.03. The maximum absolute atomic E-state index is 12.6. The number of alkyl halides is 2. The van der Waals surface area contributed by atoms with Gasteiger partial charge in [-0.25, -0.2) is 13.8 Å². The van der Waals surface area contributed by atoms with Crippen LogP contribution in [-0.2, 0) is 0 Å². The first-order valence-electron chi connectivity index (χ1n) is 4.57. The summed E-state index contributed by atoms with van der Waals surface area (Å²) in [5, 5.41) is 0.944. The second-order valence-corrected chi connectivity index (χ2v) is 4.98. The third-order valence-corrected chi connectivity index (χ3v) is 3.14. The first kappa shape index (κ1) is 12.7. The van der Waals surface area contributed by atoms with Crippen LogP contribution in [0, 0.1) is 3.57 Å². The third kappa shape index (κ3) is 2.43. The molecule has 7 heteroatoms. The molecule has 0 amide bonds. The van der Waals surface area contributed by atoms with E-state index in [4.69, 9.17) is 17.4 Å². The summed E-state index contributed by atoms with van der Waals surface area (Å²) in [6.07, 6.45) is -2.66. The first-order chi connectivity index (χ1) is 8.02. The van der Waals surface area contributed by atoms with Crippen molar-refractivity contribution in [2.45, 2.75) is 6.43 Å². The van der Waals surface area contributed by atoms with Crippen LogP contribution in [0.15, 0.2) is 18.2 Å². The van der Waals surface area contributed by atoms with Gasteiger partial charge in [0.05, 0.1) is 16.2 Å². The number of halogens is 4. The van der Waals surface area contributed by atoms with Gasteiger partial charge in [-0.05, 0) is 40.8 Å². The molecule has 0 bridgehead atoms. The molecule has 1 aromatic carbocycles. The van der Waals surface area contributed by atoms with E-state index in [1.165, 1.54) is 6.07 Å². The summed E-state index contributed by atoms with van der Waals surface area (Å²) < 4.78 is 26.2. The fraction of sp³-hybridized carbons (Fsp3) is 0.100. The molecule has 17 heavy (non-hydrogen) atoms. The molecule has 90 valence electrons. The number of aromatic nitrogens is 1. The van der Waals surface area contributed by atoms with Crippen molar-refractivity contribution in [3.05, 3.63) is 32.5 Å². The predicted octanol–water partition coefficient (Wildman–Crippen LogP) is 3.72. The summed E-state index contributed by atoms with van der Waals surface area (Å²) in [5.74, 6) is 5.32. The maximum atomic E-state index is 12.6. The van der Waals surface area contributed by atoms with E-state index in [0.717, 1.165) is 3.57 Å². The minimum absolute atomic E-state index is 0.317. The van der Waals surface area contributed by atoms with Crippen molar-refractivity contribution in [3.63, 3.8) is 0 Å². The molecule has 3 nitrogen and oxygen atoms in total. The number of fused-ring (bicyclic) bond motifs is 1. The number of hydrogen-bond donors (Lipinski definition) is 2. The molecule has 0 aliphatic rings. The number of rotatable bonds is 2. The molecule has 0 aliphatic carbocycles. The summed E-state index contributed by atoms with van der Waals surface area (Å²) in [6.45, 7) is 0.